The molecular formula is C23H23ClN6O2S. The number of rotatable bonds is 7. The third kappa shape index (κ3) is 5.09. The fraction of sp³-hybridized carbons (Fsp3) is 0.261. The molecule has 0 unspecified atom stereocenters. The summed E-state index contributed by atoms with van der Waals surface area (Å²) in [5.74, 6) is 0.685. The third-order valence-corrected chi connectivity index (χ3v) is 6.70. The van der Waals surface area contributed by atoms with E-state index in [1.165, 1.54) is 11.8 Å². The zero-order valence-corrected chi connectivity index (χ0v) is 20.1. The van der Waals surface area contributed by atoms with Gasteiger partial charge in [-0.1, -0.05) is 41.6 Å². The summed E-state index contributed by atoms with van der Waals surface area (Å²) in [6, 6.07) is 11.1. The molecule has 0 saturated carbocycles. The standard InChI is InChI=1S/C23H23ClN6O2S/c1-14-8-9-30-19(10-14)26-15(2)17(22(30)32)11-20-27-28-23(29(20)3)33-13-21(31)25-12-16-6-4-5-7-18(16)24/h4-10H,11-13H2,1-3H3,(H,25,31). The molecule has 0 atom stereocenters. The molecule has 33 heavy (non-hydrogen) atoms. The van der Waals surface area contributed by atoms with Gasteiger partial charge in [-0.05, 0) is 43.2 Å². The van der Waals surface area contributed by atoms with E-state index >= 15 is 0 Å². The molecular weight excluding hydrogens is 460 g/mol. The molecule has 170 valence electrons. The molecule has 8 nitrogen and oxygen atoms in total. The number of pyridine rings is 1. The predicted octanol–water partition coefficient (Wildman–Crippen LogP) is 3.09. The third-order valence-electron chi connectivity index (χ3n) is 5.31. The van der Waals surface area contributed by atoms with Crippen LogP contribution in [0.25, 0.3) is 5.65 Å². The van der Waals surface area contributed by atoms with Crippen molar-refractivity contribution in [2.75, 3.05) is 5.75 Å². The fourth-order valence-corrected chi connectivity index (χ4v) is 4.35. The van der Waals surface area contributed by atoms with Gasteiger partial charge in [-0.25, -0.2) is 4.98 Å². The SMILES string of the molecule is Cc1ccn2c(=O)c(Cc3nnc(SCC(=O)NCc4ccccc4Cl)n3C)c(C)nc2c1. The molecule has 0 bridgehead atoms. The second-order valence-corrected chi connectivity index (χ2v) is 9.05. The zero-order chi connectivity index (χ0) is 23.5. The number of hydrogen-bond donors (Lipinski definition) is 1. The molecule has 0 saturated heterocycles. The van der Waals surface area contributed by atoms with E-state index in [0.717, 1.165) is 11.1 Å². The summed E-state index contributed by atoms with van der Waals surface area (Å²) >= 11 is 7.41. The maximum absolute atomic E-state index is 13.0. The second kappa shape index (κ2) is 9.76. The highest BCUT2D eigenvalue weighted by Gasteiger charge is 2.16. The lowest BCUT2D eigenvalue weighted by atomic mass is 10.1. The van der Waals surface area contributed by atoms with Crippen LogP contribution >= 0.6 is 23.4 Å². The first-order chi connectivity index (χ1) is 15.8. The Morgan fingerprint density at radius 1 is 1.18 bits per heavy atom. The van der Waals surface area contributed by atoms with Gasteiger partial charge in [0.1, 0.15) is 11.5 Å². The largest absolute Gasteiger partial charge is 0.351 e. The van der Waals surface area contributed by atoms with Gasteiger partial charge in [-0.2, -0.15) is 0 Å². The van der Waals surface area contributed by atoms with Gasteiger partial charge >= 0.3 is 0 Å². The highest BCUT2D eigenvalue weighted by atomic mass is 35.5. The van der Waals surface area contributed by atoms with Crippen LogP contribution in [-0.4, -0.2) is 35.8 Å². The van der Waals surface area contributed by atoms with E-state index in [2.05, 4.69) is 20.5 Å². The average Bonchev–Trinajstić information content (AvgIpc) is 3.13. The van der Waals surface area contributed by atoms with Crippen LogP contribution in [0.15, 0.2) is 52.5 Å². The highest BCUT2D eigenvalue weighted by Crippen LogP contribution is 2.18. The summed E-state index contributed by atoms with van der Waals surface area (Å²) in [4.78, 5) is 29.9. The number of carbonyl (C=O) groups is 1. The monoisotopic (exact) mass is 482 g/mol. The first-order valence-electron chi connectivity index (χ1n) is 10.3. The van der Waals surface area contributed by atoms with Crippen LogP contribution in [-0.2, 0) is 24.8 Å². The first-order valence-corrected chi connectivity index (χ1v) is 11.7. The van der Waals surface area contributed by atoms with Gasteiger partial charge in [0.25, 0.3) is 5.56 Å². The molecule has 3 heterocycles. The molecule has 4 rings (SSSR count). The molecule has 4 aromatic rings. The molecule has 1 amide bonds. The second-order valence-electron chi connectivity index (χ2n) is 7.70. The van der Waals surface area contributed by atoms with Crippen molar-refractivity contribution in [3.05, 3.63) is 86.2 Å². The summed E-state index contributed by atoms with van der Waals surface area (Å²) in [7, 11) is 1.82. The Morgan fingerprint density at radius 3 is 2.76 bits per heavy atom. The van der Waals surface area contributed by atoms with Gasteiger partial charge in [-0.15, -0.1) is 10.2 Å². The Balaban J connectivity index is 1.43. The highest BCUT2D eigenvalue weighted by molar-refractivity contribution is 7.99. The minimum atomic E-state index is -0.132. The Hall–Kier alpha value is -3.17. The van der Waals surface area contributed by atoms with Crippen LogP contribution in [0.4, 0.5) is 0 Å². The van der Waals surface area contributed by atoms with Crippen molar-refractivity contribution in [1.82, 2.24) is 29.5 Å². The quantitative estimate of drug-likeness (QED) is 0.407. The van der Waals surface area contributed by atoms with Crippen LogP contribution < -0.4 is 10.9 Å². The first kappa shape index (κ1) is 23.0. The lowest BCUT2D eigenvalue weighted by Crippen LogP contribution is -2.25. The summed E-state index contributed by atoms with van der Waals surface area (Å²) in [5, 5.41) is 12.5. The lowest BCUT2D eigenvalue weighted by molar-refractivity contribution is -0.118. The van der Waals surface area contributed by atoms with Crippen molar-refractivity contribution in [3.63, 3.8) is 0 Å². The van der Waals surface area contributed by atoms with Gasteiger partial charge in [0, 0.05) is 42.5 Å². The fourth-order valence-electron chi connectivity index (χ4n) is 3.39. The number of hydrogen-bond acceptors (Lipinski definition) is 6. The summed E-state index contributed by atoms with van der Waals surface area (Å²) in [5.41, 5.74) is 3.65. The number of amides is 1. The Bertz CT molecular complexity index is 1400. The number of halogens is 1. The van der Waals surface area contributed by atoms with E-state index in [1.54, 1.807) is 21.2 Å². The maximum atomic E-state index is 13.0. The zero-order valence-electron chi connectivity index (χ0n) is 18.5. The van der Waals surface area contributed by atoms with Gasteiger partial charge in [0.05, 0.1) is 5.75 Å². The number of nitrogens with zero attached hydrogens (tertiary/aromatic N) is 5. The number of thioether (sulfide) groups is 1. The van der Waals surface area contributed by atoms with Crippen molar-refractivity contribution >= 4 is 34.9 Å². The van der Waals surface area contributed by atoms with E-state index in [1.807, 2.05) is 51.2 Å². The molecule has 0 fully saturated rings. The van der Waals surface area contributed by atoms with E-state index < -0.39 is 0 Å². The lowest BCUT2D eigenvalue weighted by Gasteiger charge is -2.09. The van der Waals surface area contributed by atoms with E-state index in [4.69, 9.17) is 11.6 Å². The minimum absolute atomic E-state index is 0.117. The van der Waals surface area contributed by atoms with Crippen LogP contribution in [0.2, 0.25) is 5.02 Å². The van der Waals surface area contributed by atoms with Gasteiger partial charge in [0.15, 0.2) is 5.16 Å². The van der Waals surface area contributed by atoms with E-state index in [9.17, 15) is 9.59 Å². The molecule has 1 N–H and O–H groups in total. The molecule has 1 aromatic carbocycles. The molecule has 10 heteroatoms. The van der Waals surface area contributed by atoms with Gasteiger partial charge in [-0.3, -0.25) is 14.0 Å². The molecule has 0 aliphatic carbocycles. The Labute approximate surface area is 200 Å². The maximum Gasteiger partial charge on any atom is 0.261 e. The van der Waals surface area contributed by atoms with Crippen molar-refractivity contribution in [3.8, 4) is 0 Å². The van der Waals surface area contributed by atoms with Gasteiger partial charge in [0.2, 0.25) is 5.91 Å². The molecule has 0 radical (unpaired) electrons. The predicted molar refractivity (Wildman–Crippen MR) is 129 cm³/mol. The topological polar surface area (TPSA) is 94.2 Å². The number of benzene rings is 1. The Morgan fingerprint density at radius 2 is 1.97 bits per heavy atom. The van der Waals surface area contributed by atoms with Crippen molar-refractivity contribution in [2.45, 2.75) is 32.0 Å². The van der Waals surface area contributed by atoms with Crippen LogP contribution in [0.3, 0.4) is 0 Å². The van der Waals surface area contributed by atoms with Crippen molar-refractivity contribution in [1.29, 1.82) is 0 Å². The molecule has 0 spiro atoms. The van der Waals surface area contributed by atoms with E-state index in [0.29, 0.717) is 45.9 Å². The normalized spacial score (nSPS) is 11.2. The number of aromatic nitrogens is 5. The smallest absolute Gasteiger partial charge is 0.261 e. The number of nitrogens with one attached hydrogen (secondary N) is 1. The summed E-state index contributed by atoms with van der Waals surface area (Å²) in [6.07, 6.45) is 2.04. The molecule has 0 aliphatic heterocycles. The van der Waals surface area contributed by atoms with Gasteiger partial charge < -0.3 is 9.88 Å². The summed E-state index contributed by atoms with van der Waals surface area (Å²) in [6.45, 7) is 4.15. The average molecular weight is 483 g/mol. The minimum Gasteiger partial charge on any atom is -0.351 e. The number of fused-ring (bicyclic) bond motifs is 1. The van der Waals surface area contributed by atoms with Crippen molar-refractivity contribution < 1.29 is 4.79 Å². The van der Waals surface area contributed by atoms with Crippen molar-refractivity contribution in [2.24, 2.45) is 7.05 Å². The van der Waals surface area contributed by atoms with Crippen LogP contribution in [0, 0.1) is 13.8 Å². The molecule has 0 aliphatic rings. The van der Waals surface area contributed by atoms with Crippen LogP contribution in [0.5, 0.6) is 0 Å². The van der Waals surface area contributed by atoms with E-state index in [-0.39, 0.29) is 17.2 Å². The Kier molecular flexibility index (Phi) is 6.80. The number of aryl methyl sites for hydroxylation is 2. The molecule has 3 aromatic heterocycles. The van der Waals surface area contributed by atoms with Crippen LogP contribution in [0.1, 0.15) is 28.2 Å². The summed E-state index contributed by atoms with van der Waals surface area (Å²) < 4.78 is 3.35. The number of carbonyl (C=O) groups excluding carboxylic acids is 1.